The van der Waals surface area contributed by atoms with E-state index in [4.69, 9.17) is 23.2 Å². The Balaban J connectivity index is 2.11. The molecule has 0 aliphatic heterocycles. The predicted molar refractivity (Wildman–Crippen MR) is 162 cm³/mol. The molecule has 0 spiro atoms. The van der Waals surface area contributed by atoms with E-state index in [1.807, 2.05) is 0 Å². The number of sulfonamides is 1. The second kappa shape index (κ2) is 13.2. The van der Waals surface area contributed by atoms with Gasteiger partial charge in [0.1, 0.15) is 12.6 Å². The average molecular weight is 659 g/mol. The Morgan fingerprint density at radius 3 is 2.12 bits per heavy atom. The Labute approximate surface area is 259 Å². The highest BCUT2D eigenvalue weighted by molar-refractivity contribution is 7.92. The highest BCUT2D eigenvalue weighted by atomic mass is 35.5. The topological polar surface area (TPSA) is 86.8 Å². The van der Waals surface area contributed by atoms with Crippen LogP contribution in [0.3, 0.4) is 0 Å². The highest BCUT2D eigenvalue weighted by Crippen LogP contribution is 2.33. The number of rotatable bonds is 9. The molecule has 0 heterocycles. The van der Waals surface area contributed by atoms with Gasteiger partial charge in [-0.15, -0.1) is 0 Å². The van der Waals surface area contributed by atoms with E-state index in [0.29, 0.717) is 15.9 Å². The van der Waals surface area contributed by atoms with Gasteiger partial charge in [0.05, 0.1) is 26.2 Å². The Kier molecular flexibility index (Phi) is 10.5. The van der Waals surface area contributed by atoms with Crippen LogP contribution in [0.15, 0.2) is 71.6 Å². The number of aryl methyl sites for hydroxylation is 1. The van der Waals surface area contributed by atoms with Crippen LogP contribution in [0.25, 0.3) is 0 Å². The molecule has 43 heavy (non-hydrogen) atoms. The fourth-order valence-electron chi connectivity index (χ4n) is 4.09. The van der Waals surface area contributed by atoms with Crippen LogP contribution in [0.1, 0.15) is 44.4 Å². The molecule has 0 aromatic heterocycles. The van der Waals surface area contributed by atoms with E-state index in [1.165, 1.54) is 49.4 Å². The molecule has 0 saturated heterocycles. The van der Waals surface area contributed by atoms with Crippen molar-refractivity contribution in [2.24, 2.45) is 0 Å². The minimum absolute atomic E-state index is 0.171. The average Bonchev–Trinajstić information content (AvgIpc) is 2.90. The van der Waals surface area contributed by atoms with Crippen molar-refractivity contribution in [1.82, 2.24) is 10.2 Å². The maximum atomic E-state index is 14.0. The van der Waals surface area contributed by atoms with Crippen molar-refractivity contribution in [3.63, 3.8) is 0 Å². The molecule has 0 fully saturated rings. The van der Waals surface area contributed by atoms with Crippen LogP contribution in [0.2, 0.25) is 10.0 Å². The van der Waals surface area contributed by atoms with Crippen LogP contribution in [0, 0.1) is 6.92 Å². The Bertz CT molecular complexity index is 1590. The molecule has 0 radical (unpaired) electrons. The third kappa shape index (κ3) is 8.87. The molecular weight excluding hydrogens is 626 g/mol. The number of halogens is 5. The van der Waals surface area contributed by atoms with Gasteiger partial charge in [-0.3, -0.25) is 13.9 Å². The second-order valence-corrected chi connectivity index (χ2v) is 13.7. The molecule has 1 atom stereocenters. The number of nitrogens with zero attached hydrogens (tertiary/aromatic N) is 2. The molecule has 3 aromatic carbocycles. The van der Waals surface area contributed by atoms with E-state index in [0.717, 1.165) is 22.6 Å². The summed E-state index contributed by atoms with van der Waals surface area (Å²) in [7, 11) is -4.54. The van der Waals surface area contributed by atoms with Gasteiger partial charge >= 0.3 is 6.18 Å². The summed E-state index contributed by atoms with van der Waals surface area (Å²) in [5.41, 5.74) is -0.864. The number of hydrogen-bond donors (Lipinski definition) is 1. The summed E-state index contributed by atoms with van der Waals surface area (Å²) < 4.78 is 69.2. The molecule has 232 valence electrons. The standard InChI is InChI=1S/C30H32Cl2F3N3O4S/c1-19-9-12-24(13-10-19)43(41,42)38(23-8-6-7-22(16-23)30(33,34)35)18-27(39)37(20(2)28(40)36-29(3,4)5)17-21-11-14-25(31)26(32)15-21/h6-16,20H,17-18H2,1-5H3,(H,36,40)/t20-/m1/s1. The third-order valence-electron chi connectivity index (χ3n) is 6.35. The summed E-state index contributed by atoms with van der Waals surface area (Å²) in [5, 5.41) is 3.26. The fourth-order valence-corrected chi connectivity index (χ4v) is 5.82. The number of carbonyl (C=O) groups is 2. The molecule has 0 bridgehead atoms. The number of benzene rings is 3. The molecule has 0 aliphatic rings. The van der Waals surface area contributed by atoms with Gasteiger partial charge in [-0.1, -0.05) is 53.0 Å². The molecule has 13 heteroatoms. The quantitative estimate of drug-likeness (QED) is 0.273. The molecule has 2 amide bonds. The van der Waals surface area contributed by atoms with Crippen LogP contribution in [-0.2, 0) is 32.3 Å². The van der Waals surface area contributed by atoms with Gasteiger partial charge < -0.3 is 10.2 Å². The first kappa shape index (κ1) is 34.2. The van der Waals surface area contributed by atoms with Gasteiger partial charge in [-0.25, -0.2) is 8.42 Å². The number of amides is 2. The lowest BCUT2D eigenvalue weighted by Gasteiger charge is -2.33. The maximum absolute atomic E-state index is 14.0. The van der Waals surface area contributed by atoms with E-state index >= 15 is 0 Å². The van der Waals surface area contributed by atoms with Crippen molar-refractivity contribution in [3.05, 3.63) is 93.5 Å². The van der Waals surface area contributed by atoms with Crippen molar-refractivity contribution in [2.45, 2.75) is 63.8 Å². The van der Waals surface area contributed by atoms with Gasteiger partial charge in [0.25, 0.3) is 10.0 Å². The molecule has 3 rings (SSSR count). The third-order valence-corrected chi connectivity index (χ3v) is 8.88. The van der Waals surface area contributed by atoms with Crippen molar-refractivity contribution >= 4 is 50.7 Å². The molecule has 0 aliphatic carbocycles. The summed E-state index contributed by atoms with van der Waals surface area (Å²) in [6.45, 7) is 7.42. The summed E-state index contributed by atoms with van der Waals surface area (Å²) in [6, 6.07) is 12.9. The first-order chi connectivity index (χ1) is 19.8. The van der Waals surface area contributed by atoms with Crippen LogP contribution >= 0.6 is 23.2 Å². The van der Waals surface area contributed by atoms with Crippen molar-refractivity contribution in [2.75, 3.05) is 10.8 Å². The maximum Gasteiger partial charge on any atom is 0.416 e. The number of carbonyl (C=O) groups excluding carboxylic acids is 2. The molecule has 0 unspecified atom stereocenters. The fraction of sp³-hybridized carbons (Fsp3) is 0.333. The SMILES string of the molecule is Cc1ccc(S(=O)(=O)N(CC(=O)N(Cc2ccc(Cl)c(Cl)c2)[C@H](C)C(=O)NC(C)(C)C)c2cccc(C(F)(F)F)c2)cc1. The highest BCUT2D eigenvalue weighted by Gasteiger charge is 2.35. The number of hydrogen-bond acceptors (Lipinski definition) is 4. The predicted octanol–water partition coefficient (Wildman–Crippen LogP) is 6.85. The van der Waals surface area contributed by atoms with E-state index in [-0.39, 0.29) is 27.2 Å². The second-order valence-electron chi connectivity index (χ2n) is 11.1. The Hall–Kier alpha value is -3.28. The monoisotopic (exact) mass is 657 g/mol. The Morgan fingerprint density at radius 1 is 0.930 bits per heavy atom. The molecule has 3 aromatic rings. The lowest BCUT2D eigenvalue weighted by atomic mass is 10.1. The number of nitrogens with one attached hydrogen (secondary N) is 1. The van der Waals surface area contributed by atoms with E-state index in [1.54, 1.807) is 33.8 Å². The summed E-state index contributed by atoms with van der Waals surface area (Å²) >= 11 is 12.2. The summed E-state index contributed by atoms with van der Waals surface area (Å²) in [5.74, 6) is -1.36. The smallest absolute Gasteiger partial charge is 0.350 e. The first-order valence-corrected chi connectivity index (χ1v) is 15.3. The molecule has 0 saturated carbocycles. The van der Waals surface area contributed by atoms with Gasteiger partial charge in [0.15, 0.2) is 0 Å². The minimum atomic E-state index is -4.77. The van der Waals surface area contributed by atoms with Crippen LogP contribution in [0.4, 0.5) is 18.9 Å². The Morgan fingerprint density at radius 2 is 1.56 bits per heavy atom. The normalized spacial score (nSPS) is 12.9. The summed E-state index contributed by atoms with van der Waals surface area (Å²) in [4.78, 5) is 28.1. The van der Waals surface area contributed by atoms with Gasteiger partial charge in [-0.2, -0.15) is 13.2 Å². The number of anilines is 1. The van der Waals surface area contributed by atoms with Crippen LogP contribution < -0.4 is 9.62 Å². The number of alkyl halides is 3. The van der Waals surface area contributed by atoms with Crippen molar-refractivity contribution in [1.29, 1.82) is 0 Å². The van der Waals surface area contributed by atoms with Gasteiger partial charge in [-0.05, 0) is 82.6 Å². The van der Waals surface area contributed by atoms with Crippen molar-refractivity contribution < 1.29 is 31.2 Å². The van der Waals surface area contributed by atoms with Crippen molar-refractivity contribution in [3.8, 4) is 0 Å². The first-order valence-electron chi connectivity index (χ1n) is 13.1. The summed E-state index contributed by atoms with van der Waals surface area (Å²) in [6.07, 6.45) is -4.77. The van der Waals surface area contributed by atoms with Crippen LogP contribution in [-0.4, -0.2) is 43.3 Å². The largest absolute Gasteiger partial charge is 0.416 e. The lowest BCUT2D eigenvalue weighted by Crippen LogP contribution is -2.54. The zero-order chi connectivity index (χ0) is 32.3. The minimum Gasteiger partial charge on any atom is -0.350 e. The molecule has 1 N–H and O–H groups in total. The molecule has 7 nitrogen and oxygen atoms in total. The zero-order valence-electron chi connectivity index (χ0n) is 24.2. The van der Waals surface area contributed by atoms with E-state index < -0.39 is 51.7 Å². The van der Waals surface area contributed by atoms with E-state index in [9.17, 15) is 31.2 Å². The lowest BCUT2D eigenvalue weighted by molar-refractivity contribution is -0.140. The van der Waals surface area contributed by atoms with E-state index in [2.05, 4.69) is 5.32 Å². The molecular formula is C30H32Cl2F3N3O4S. The van der Waals surface area contributed by atoms with Gasteiger partial charge in [0.2, 0.25) is 11.8 Å². The zero-order valence-corrected chi connectivity index (χ0v) is 26.5. The van der Waals surface area contributed by atoms with Gasteiger partial charge in [0, 0.05) is 12.1 Å². The van der Waals surface area contributed by atoms with Crippen LogP contribution in [0.5, 0.6) is 0 Å².